The first-order valence-electron chi connectivity index (χ1n) is 6.36. The van der Waals surface area contributed by atoms with Gasteiger partial charge in [0, 0.05) is 10.9 Å². The Labute approximate surface area is 131 Å². The topological polar surface area (TPSA) is 55.8 Å². The highest BCUT2D eigenvalue weighted by molar-refractivity contribution is 9.10. The molecule has 0 aliphatic heterocycles. The molecule has 0 aliphatic rings. The van der Waals surface area contributed by atoms with Crippen LogP contribution in [0, 0.1) is 0 Å². The van der Waals surface area contributed by atoms with Gasteiger partial charge in [-0.3, -0.25) is 0 Å². The quantitative estimate of drug-likeness (QED) is 0.865. The Hall–Kier alpha value is -2.01. The molecule has 0 heterocycles. The molecule has 0 aliphatic carbocycles. The number of benzene rings is 2. The van der Waals surface area contributed by atoms with Crippen molar-refractivity contribution in [3.05, 3.63) is 58.6 Å². The smallest absolute Gasteiger partial charge is 0.345 e. The highest BCUT2D eigenvalue weighted by Gasteiger charge is 2.20. The van der Waals surface area contributed by atoms with Crippen LogP contribution in [0.2, 0.25) is 0 Å². The van der Waals surface area contributed by atoms with E-state index in [-0.39, 0.29) is 0 Å². The maximum absolute atomic E-state index is 11.3. The van der Waals surface area contributed by atoms with E-state index in [1.807, 2.05) is 24.3 Å². The summed E-state index contributed by atoms with van der Waals surface area (Å²) >= 11 is 3.35. The van der Waals surface area contributed by atoms with Crippen molar-refractivity contribution in [3.8, 4) is 11.5 Å². The van der Waals surface area contributed by atoms with Crippen molar-refractivity contribution in [2.24, 2.45) is 0 Å². The summed E-state index contributed by atoms with van der Waals surface area (Å²) in [6, 6.07) is 14.3. The molecule has 0 fully saturated rings. The monoisotopic (exact) mass is 350 g/mol. The van der Waals surface area contributed by atoms with Gasteiger partial charge < -0.3 is 14.6 Å². The molecule has 4 nitrogen and oxygen atoms in total. The molecule has 2 aromatic carbocycles. The van der Waals surface area contributed by atoms with E-state index in [1.165, 1.54) is 0 Å². The highest BCUT2D eigenvalue weighted by atomic mass is 79.9. The van der Waals surface area contributed by atoms with E-state index in [1.54, 1.807) is 31.4 Å². The second-order valence-electron chi connectivity index (χ2n) is 4.45. The van der Waals surface area contributed by atoms with E-state index >= 15 is 0 Å². The number of carboxylic acid groups (broad SMARTS) is 1. The van der Waals surface area contributed by atoms with Gasteiger partial charge >= 0.3 is 5.97 Å². The van der Waals surface area contributed by atoms with Crippen LogP contribution in [0.1, 0.15) is 5.56 Å². The van der Waals surface area contributed by atoms with Gasteiger partial charge in [-0.15, -0.1) is 0 Å². The Balaban J connectivity index is 2.07. The maximum Gasteiger partial charge on any atom is 0.345 e. The number of aliphatic carboxylic acids is 1. The molecule has 5 heteroatoms. The van der Waals surface area contributed by atoms with Gasteiger partial charge in [0.05, 0.1) is 7.11 Å². The zero-order valence-corrected chi connectivity index (χ0v) is 13.0. The van der Waals surface area contributed by atoms with Gasteiger partial charge in [0.25, 0.3) is 0 Å². The minimum atomic E-state index is -0.992. The van der Waals surface area contributed by atoms with E-state index in [2.05, 4.69) is 15.9 Å². The molecule has 0 amide bonds. The van der Waals surface area contributed by atoms with Crippen LogP contribution >= 0.6 is 15.9 Å². The summed E-state index contributed by atoms with van der Waals surface area (Å²) in [7, 11) is 1.57. The third-order valence-electron chi connectivity index (χ3n) is 2.95. The summed E-state index contributed by atoms with van der Waals surface area (Å²) in [4.78, 5) is 11.3. The molecule has 2 aromatic rings. The summed E-state index contributed by atoms with van der Waals surface area (Å²) in [6.07, 6.45) is -0.631. The van der Waals surface area contributed by atoms with Gasteiger partial charge in [0.2, 0.25) is 0 Å². The molecule has 0 saturated heterocycles. The Morgan fingerprint density at radius 1 is 1.10 bits per heavy atom. The van der Waals surface area contributed by atoms with E-state index < -0.39 is 12.1 Å². The fraction of sp³-hybridized carbons (Fsp3) is 0.188. The van der Waals surface area contributed by atoms with Crippen molar-refractivity contribution < 1.29 is 19.4 Å². The first-order chi connectivity index (χ1) is 10.1. The average molecular weight is 351 g/mol. The molecule has 21 heavy (non-hydrogen) atoms. The normalized spacial score (nSPS) is 11.7. The van der Waals surface area contributed by atoms with Crippen LogP contribution in [0.25, 0.3) is 0 Å². The van der Waals surface area contributed by atoms with E-state index in [4.69, 9.17) is 9.47 Å². The first-order valence-corrected chi connectivity index (χ1v) is 7.16. The molecule has 0 radical (unpaired) electrons. The van der Waals surface area contributed by atoms with Crippen molar-refractivity contribution in [2.45, 2.75) is 12.5 Å². The van der Waals surface area contributed by atoms with Crippen LogP contribution < -0.4 is 9.47 Å². The Bertz CT molecular complexity index is 593. The molecule has 2 rings (SSSR count). The number of carbonyl (C=O) groups is 1. The molecular formula is C16H15BrO4. The van der Waals surface area contributed by atoms with E-state index in [9.17, 15) is 9.90 Å². The van der Waals surface area contributed by atoms with Crippen LogP contribution in [0.3, 0.4) is 0 Å². The van der Waals surface area contributed by atoms with Gasteiger partial charge in [-0.25, -0.2) is 4.79 Å². The lowest BCUT2D eigenvalue weighted by Gasteiger charge is -2.15. The Morgan fingerprint density at radius 2 is 1.67 bits per heavy atom. The zero-order chi connectivity index (χ0) is 15.2. The van der Waals surface area contributed by atoms with E-state index in [0.717, 1.165) is 10.0 Å². The van der Waals surface area contributed by atoms with Crippen LogP contribution in [-0.4, -0.2) is 24.3 Å². The minimum Gasteiger partial charge on any atom is -0.497 e. The second-order valence-corrected chi connectivity index (χ2v) is 5.37. The molecular weight excluding hydrogens is 336 g/mol. The average Bonchev–Trinajstić information content (AvgIpc) is 2.49. The van der Waals surface area contributed by atoms with Crippen molar-refractivity contribution in [1.82, 2.24) is 0 Å². The molecule has 1 unspecified atom stereocenters. The lowest BCUT2D eigenvalue weighted by atomic mass is 10.1. The number of hydrogen-bond acceptors (Lipinski definition) is 3. The standard InChI is InChI=1S/C16H15BrO4/c1-20-13-6-8-14(9-7-13)21-15(16(18)19)10-11-2-4-12(17)5-3-11/h2-9,15H,10H2,1H3,(H,18,19). The lowest BCUT2D eigenvalue weighted by molar-refractivity contribution is -0.145. The van der Waals surface area contributed by atoms with Crippen molar-refractivity contribution in [2.75, 3.05) is 7.11 Å². The molecule has 0 aromatic heterocycles. The molecule has 1 atom stereocenters. The number of rotatable bonds is 6. The summed E-state index contributed by atoms with van der Waals surface area (Å²) in [5, 5.41) is 9.29. The van der Waals surface area contributed by atoms with Crippen LogP contribution in [0.15, 0.2) is 53.0 Å². The van der Waals surface area contributed by atoms with Crippen LogP contribution in [0.5, 0.6) is 11.5 Å². The van der Waals surface area contributed by atoms with Gasteiger partial charge in [-0.05, 0) is 42.0 Å². The van der Waals surface area contributed by atoms with Gasteiger partial charge in [-0.2, -0.15) is 0 Å². The van der Waals surface area contributed by atoms with Crippen LogP contribution in [0.4, 0.5) is 0 Å². The second kappa shape index (κ2) is 7.13. The number of hydrogen-bond donors (Lipinski definition) is 1. The molecule has 0 spiro atoms. The van der Waals surface area contributed by atoms with Crippen molar-refractivity contribution >= 4 is 21.9 Å². The fourth-order valence-electron chi connectivity index (χ4n) is 1.83. The lowest BCUT2D eigenvalue weighted by Crippen LogP contribution is -2.29. The van der Waals surface area contributed by atoms with Crippen molar-refractivity contribution in [1.29, 1.82) is 0 Å². The van der Waals surface area contributed by atoms with Gasteiger partial charge in [0.15, 0.2) is 6.10 Å². The summed E-state index contributed by atoms with van der Waals surface area (Å²) in [5.74, 6) is 0.205. The predicted octanol–water partition coefficient (Wildman–Crippen LogP) is 3.53. The highest BCUT2D eigenvalue weighted by Crippen LogP contribution is 2.20. The number of carboxylic acids is 1. The summed E-state index contributed by atoms with van der Waals surface area (Å²) < 4.78 is 11.5. The van der Waals surface area contributed by atoms with Crippen molar-refractivity contribution in [3.63, 3.8) is 0 Å². The fourth-order valence-corrected chi connectivity index (χ4v) is 2.10. The summed E-state index contributed by atoms with van der Waals surface area (Å²) in [5.41, 5.74) is 0.902. The molecule has 0 bridgehead atoms. The third kappa shape index (κ3) is 4.49. The van der Waals surface area contributed by atoms with E-state index in [0.29, 0.717) is 17.9 Å². The maximum atomic E-state index is 11.3. The molecule has 110 valence electrons. The minimum absolute atomic E-state index is 0.300. The predicted molar refractivity (Wildman–Crippen MR) is 82.9 cm³/mol. The Kier molecular flexibility index (Phi) is 5.22. The zero-order valence-electron chi connectivity index (χ0n) is 11.5. The largest absolute Gasteiger partial charge is 0.497 e. The summed E-state index contributed by atoms with van der Waals surface area (Å²) in [6.45, 7) is 0. The first kappa shape index (κ1) is 15.4. The molecule has 0 saturated carbocycles. The van der Waals surface area contributed by atoms with Gasteiger partial charge in [0.1, 0.15) is 11.5 Å². The SMILES string of the molecule is COc1ccc(OC(Cc2ccc(Br)cc2)C(=O)O)cc1. The third-order valence-corrected chi connectivity index (χ3v) is 3.48. The number of halogens is 1. The number of ether oxygens (including phenoxy) is 2. The Morgan fingerprint density at radius 3 is 2.19 bits per heavy atom. The van der Waals surface area contributed by atoms with Crippen LogP contribution in [-0.2, 0) is 11.2 Å². The molecule has 1 N–H and O–H groups in total. The van der Waals surface area contributed by atoms with Gasteiger partial charge in [-0.1, -0.05) is 28.1 Å². The number of methoxy groups -OCH3 is 1.